The van der Waals surface area contributed by atoms with E-state index in [0.29, 0.717) is 16.7 Å². The van der Waals surface area contributed by atoms with Crippen molar-refractivity contribution in [1.29, 1.82) is 0 Å². The van der Waals surface area contributed by atoms with Crippen molar-refractivity contribution in [2.45, 2.75) is 27.7 Å². The molecule has 0 radical (unpaired) electrons. The molecule has 0 aliphatic carbocycles. The first-order valence-electron chi connectivity index (χ1n) is 6.95. The zero-order chi connectivity index (χ0) is 16.4. The molecule has 1 heterocycles. The van der Waals surface area contributed by atoms with Crippen LogP contribution < -0.4 is 10.2 Å². The molecule has 0 saturated carbocycles. The lowest BCUT2D eigenvalue weighted by atomic mass is 10.2. The Morgan fingerprint density at radius 1 is 1.05 bits per heavy atom. The minimum atomic E-state index is -0.577. The van der Waals surface area contributed by atoms with Gasteiger partial charge in [-0.1, -0.05) is 27.7 Å². The van der Waals surface area contributed by atoms with E-state index in [1.54, 1.807) is 18.2 Å². The van der Waals surface area contributed by atoms with E-state index >= 15 is 0 Å². The van der Waals surface area contributed by atoms with Crippen LogP contribution in [-0.4, -0.2) is 25.2 Å². The molecule has 116 valence electrons. The fraction of sp³-hybridized carbons (Fsp3) is 0.375. The van der Waals surface area contributed by atoms with Gasteiger partial charge < -0.3 is 14.5 Å². The van der Waals surface area contributed by atoms with Crippen molar-refractivity contribution < 1.29 is 14.3 Å². The van der Waals surface area contributed by atoms with Gasteiger partial charge in [0, 0.05) is 17.5 Å². The Bertz CT molecular complexity index is 632. The smallest absolute Gasteiger partial charge is 0.354 e. The van der Waals surface area contributed by atoms with E-state index in [1.807, 2.05) is 27.7 Å². The maximum absolute atomic E-state index is 11.8. The SMILES string of the molecule is CC.CC.COC(=O)c1cc(=O)c2ccc(OC)cc2[nH]1. The zero-order valence-electron chi connectivity index (χ0n) is 13.4. The van der Waals surface area contributed by atoms with Crippen LogP contribution in [0.2, 0.25) is 0 Å². The van der Waals surface area contributed by atoms with Gasteiger partial charge in [-0.15, -0.1) is 0 Å². The predicted molar refractivity (Wildman–Crippen MR) is 85.2 cm³/mol. The molecule has 1 aromatic heterocycles. The Labute approximate surface area is 124 Å². The number of carbonyl (C=O) groups is 1. The summed E-state index contributed by atoms with van der Waals surface area (Å²) in [4.78, 5) is 25.9. The predicted octanol–water partition coefficient (Wildman–Crippen LogP) is 3.38. The Morgan fingerprint density at radius 3 is 2.19 bits per heavy atom. The standard InChI is InChI=1S/C12H11NO4.2C2H6/c1-16-7-3-4-8-9(5-7)13-10(6-11(8)14)12(15)17-2;2*1-2/h3-6H,1-2H3,(H,13,14);2*1-2H3. The van der Waals surface area contributed by atoms with Gasteiger partial charge in [-0.3, -0.25) is 4.79 Å². The van der Waals surface area contributed by atoms with E-state index in [-0.39, 0.29) is 11.1 Å². The molecule has 2 aromatic rings. The molecule has 0 unspecified atom stereocenters. The second-order valence-corrected chi connectivity index (χ2v) is 3.45. The molecule has 21 heavy (non-hydrogen) atoms. The van der Waals surface area contributed by atoms with Gasteiger partial charge in [0.1, 0.15) is 11.4 Å². The maximum Gasteiger partial charge on any atom is 0.354 e. The number of esters is 1. The largest absolute Gasteiger partial charge is 0.497 e. The molecule has 0 aliphatic heterocycles. The number of nitrogens with one attached hydrogen (secondary N) is 1. The number of aromatic nitrogens is 1. The number of H-pyrrole nitrogens is 1. The summed E-state index contributed by atoms with van der Waals surface area (Å²) < 4.78 is 9.61. The van der Waals surface area contributed by atoms with Gasteiger partial charge in [-0.25, -0.2) is 4.79 Å². The highest BCUT2D eigenvalue weighted by atomic mass is 16.5. The normalized spacial score (nSPS) is 8.86. The molecule has 2 rings (SSSR count). The van der Waals surface area contributed by atoms with Crippen LogP contribution in [0.4, 0.5) is 0 Å². The molecule has 1 aromatic carbocycles. The highest BCUT2D eigenvalue weighted by molar-refractivity contribution is 5.91. The summed E-state index contributed by atoms with van der Waals surface area (Å²) in [6.07, 6.45) is 0. The van der Waals surface area contributed by atoms with E-state index < -0.39 is 5.97 Å². The van der Waals surface area contributed by atoms with Crippen molar-refractivity contribution in [3.05, 3.63) is 40.2 Å². The van der Waals surface area contributed by atoms with Crippen molar-refractivity contribution >= 4 is 16.9 Å². The molecule has 0 fully saturated rings. The van der Waals surface area contributed by atoms with Crippen molar-refractivity contribution in [1.82, 2.24) is 4.98 Å². The first-order chi connectivity index (χ1) is 10.2. The van der Waals surface area contributed by atoms with Gasteiger partial charge in [0.2, 0.25) is 0 Å². The molecular weight excluding hydrogens is 270 g/mol. The number of hydrogen-bond donors (Lipinski definition) is 1. The van der Waals surface area contributed by atoms with E-state index in [4.69, 9.17) is 4.74 Å². The molecule has 0 amide bonds. The summed E-state index contributed by atoms with van der Waals surface area (Å²) in [7, 11) is 2.79. The van der Waals surface area contributed by atoms with Crippen LogP contribution >= 0.6 is 0 Å². The number of ether oxygens (including phenoxy) is 2. The second-order valence-electron chi connectivity index (χ2n) is 3.45. The van der Waals surface area contributed by atoms with Gasteiger partial charge in [0.05, 0.1) is 19.7 Å². The maximum atomic E-state index is 11.8. The average Bonchev–Trinajstić information content (AvgIpc) is 2.57. The van der Waals surface area contributed by atoms with Crippen LogP contribution in [0.3, 0.4) is 0 Å². The summed E-state index contributed by atoms with van der Waals surface area (Å²) in [5, 5.41) is 0.499. The summed E-state index contributed by atoms with van der Waals surface area (Å²) in [5.74, 6) is 0.0296. The molecule has 0 saturated heterocycles. The number of methoxy groups -OCH3 is 2. The monoisotopic (exact) mass is 293 g/mol. The second kappa shape index (κ2) is 9.58. The third-order valence-corrected chi connectivity index (χ3v) is 2.44. The number of aromatic amines is 1. The summed E-state index contributed by atoms with van der Waals surface area (Å²) in [6.45, 7) is 8.00. The topological polar surface area (TPSA) is 68.4 Å². The molecule has 0 atom stereocenters. The molecular formula is C16H23NO4. The number of pyridine rings is 1. The first kappa shape index (κ1) is 18.7. The minimum Gasteiger partial charge on any atom is -0.497 e. The van der Waals surface area contributed by atoms with Crippen molar-refractivity contribution in [2.75, 3.05) is 14.2 Å². The van der Waals surface area contributed by atoms with Crippen molar-refractivity contribution in [3.63, 3.8) is 0 Å². The van der Waals surface area contributed by atoms with Crippen LogP contribution in [0.25, 0.3) is 10.9 Å². The Morgan fingerprint density at radius 2 is 1.67 bits per heavy atom. The zero-order valence-corrected chi connectivity index (χ0v) is 13.4. The van der Waals surface area contributed by atoms with E-state index in [0.717, 1.165) is 0 Å². The molecule has 5 heteroatoms. The molecule has 0 spiro atoms. The van der Waals surface area contributed by atoms with Gasteiger partial charge in [0.25, 0.3) is 0 Å². The van der Waals surface area contributed by atoms with E-state index in [1.165, 1.54) is 20.3 Å². The number of rotatable bonds is 2. The lowest BCUT2D eigenvalue weighted by molar-refractivity contribution is 0.0594. The number of carbonyl (C=O) groups excluding carboxylic acids is 1. The lowest BCUT2D eigenvalue weighted by Gasteiger charge is -2.04. The Kier molecular flexibility index (Phi) is 8.53. The quantitative estimate of drug-likeness (QED) is 0.862. The highest BCUT2D eigenvalue weighted by Gasteiger charge is 2.09. The third kappa shape index (κ3) is 4.63. The number of fused-ring (bicyclic) bond motifs is 1. The Balaban J connectivity index is 0.000000921. The van der Waals surface area contributed by atoms with Crippen LogP contribution in [0.15, 0.2) is 29.1 Å². The fourth-order valence-electron chi connectivity index (χ4n) is 1.58. The van der Waals surface area contributed by atoms with Crippen molar-refractivity contribution in [2.24, 2.45) is 0 Å². The van der Waals surface area contributed by atoms with Crippen LogP contribution in [0.1, 0.15) is 38.2 Å². The number of hydrogen-bond acceptors (Lipinski definition) is 4. The number of benzene rings is 1. The lowest BCUT2D eigenvalue weighted by Crippen LogP contribution is -2.11. The molecule has 1 N–H and O–H groups in total. The van der Waals surface area contributed by atoms with Crippen LogP contribution in [0, 0.1) is 0 Å². The minimum absolute atomic E-state index is 0.123. The fourth-order valence-corrected chi connectivity index (χ4v) is 1.58. The summed E-state index contributed by atoms with van der Waals surface area (Å²) in [5.41, 5.74) is 0.428. The van der Waals surface area contributed by atoms with Gasteiger partial charge >= 0.3 is 5.97 Å². The summed E-state index contributed by atoms with van der Waals surface area (Å²) >= 11 is 0. The molecule has 5 nitrogen and oxygen atoms in total. The molecule has 0 aliphatic rings. The van der Waals surface area contributed by atoms with E-state index in [2.05, 4.69) is 9.72 Å². The van der Waals surface area contributed by atoms with E-state index in [9.17, 15) is 9.59 Å². The Hall–Kier alpha value is -2.30. The van der Waals surface area contributed by atoms with Crippen molar-refractivity contribution in [3.8, 4) is 5.75 Å². The first-order valence-corrected chi connectivity index (χ1v) is 6.95. The van der Waals surface area contributed by atoms with Gasteiger partial charge in [-0.05, 0) is 12.1 Å². The summed E-state index contributed by atoms with van der Waals surface area (Å²) in [6, 6.07) is 6.22. The molecule has 0 bridgehead atoms. The van der Waals surface area contributed by atoms with Crippen LogP contribution in [-0.2, 0) is 4.74 Å². The average molecular weight is 293 g/mol. The highest BCUT2D eigenvalue weighted by Crippen LogP contribution is 2.16. The van der Waals surface area contributed by atoms with Crippen LogP contribution in [0.5, 0.6) is 5.75 Å². The third-order valence-electron chi connectivity index (χ3n) is 2.44. The van der Waals surface area contributed by atoms with Gasteiger partial charge in [-0.2, -0.15) is 0 Å². The van der Waals surface area contributed by atoms with Gasteiger partial charge in [0.15, 0.2) is 5.43 Å².